The van der Waals surface area contributed by atoms with Gasteiger partial charge in [-0.1, -0.05) is 6.07 Å². The van der Waals surface area contributed by atoms with Crippen molar-refractivity contribution in [2.45, 2.75) is 19.3 Å². The molecule has 1 aliphatic heterocycles. The lowest BCUT2D eigenvalue weighted by atomic mass is 9.99. The van der Waals surface area contributed by atoms with Crippen LogP contribution >= 0.6 is 0 Å². The average molecular weight is 333 g/mol. The number of carbonyl (C=O) groups is 2. The minimum Gasteiger partial charge on any atom is -0.354 e. The van der Waals surface area contributed by atoms with Gasteiger partial charge in [0.2, 0.25) is 11.8 Å². The van der Waals surface area contributed by atoms with Crippen LogP contribution in [0.15, 0.2) is 24.4 Å². The van der Waals surface area contributed by atoms with Gasteiger partial charge in [-0.25, -0.2) is 0 Å². The molecule has 0 aliphatic carbocycles. The summed E-state index contributed by atoms with van der Waals surface area (Å²) in [5.41, 5.74) is 0.890. The van der Waals surface area contributed by atoms with E-state index >= 15 is 0 Å². The Morgan fingerprint density at radius 1 is 0.917 bits per heavy atom. The van der Waals surface area contributed by atoms with Crippen molar-refractivity contribution in [1.29, 1.82) is 0 Å². The Kier molecular flexibility index (Phi) is 8.20. The lowest BCUT2D eigenvalue weighted by Gasteiger charge is -2.18. The van der Waals surface area contributed by atoms with Crippen LogP contribution < -0.4 is 21.3 Å². The van der Waals surface area contributed by atoms with Crippen LogP contribution in [0.1, 0.15) is 18.5 Å². The molecule has 24 heavy (non-hydrogen) atoms. The number of nitrogens with zero attached hydrogens (tertiary/aromatic N) is 1. The van der Waals surface area contributed by atoms with E-state index in [0.717, 1.165) is 25.2 Å². The van der Waals surface area contributed by atoms with Crippen LogP contribution in [0.5, 0.6) is 0 Å². The zero-order valence-corrected chi connectivity index (χ0v) is 14.0. The number of rotatable bonds is 3. The highest BCUT2D eigenvalue weighted by Crippen LogP contribution is 2.09. The van der Waals surface area contributed by atoms with Gasteiger partial charge in [-0.05, 0) is 44.5 Å². The molecule has 132 valence electrons. The molecule has 7 heteroatoms. The van der Waals surface area contributed by atoms with Gasteiger partial charge in [0.15, 0.2) is 0 Å². The molecule has 2 amide bonds. The molecule has 0 aromatic carbocycles. The van der Waals surface area contributed by atoms with Crippen LogP contribution in [0, 0.1) is 5.92 Å². The maximum absolute atomic E-state index is 12.4. The van der Waals surface area contributed by atoms with E-state index < -0.39 is 5.92 Å². The Morgan fingerprint density at radius 3 is 2.17 bits per heavy atom. The molecule has 1 aromatic rings. The highest BCUT2D eigenvalue weighted by atomic mass is 16.2. The molecule has 1 aromatic heterocycles. The number of hydrogen-bond donors (Lipinski definition) is 4. The second kappa shape index (κ2) is 10.7. The Labute approximate surface area is 143 Å². The van der Waals surface area contributed by atoms with E-state index in [2.05, 4.69) is 26.3 Å². The third-order valence-corrected chi connectivity index (χ3v) is 3.96. The molecule has 7 nitrogen and oxygen atoms in total. The summed E-state index contributed by atoms with van der Waals surface area (Å²) in [5.74, 6) is -1.11. The maximum Gasteiger partial charge on any atom is 0.232 e. The van der Waals surface area contributed by atoms with Crippen LogP contribution in [-0.4, -0.2) is 56.1 Å². The van der Waals surface area contributed by atoms with E-state index in [1.807, 2.05) is 18.2 Å². The van der Waals surface area contributed by atoms with Crippen molar-refractivity contribution < 1.29 is 9.59 Å². The zero-order chi connectivity index (χ0) is 17.0. The molecule has 0 atom stereocenters. The third kappa shape index (κ3) is 6.64. The lowest BCUT2D eigenvalue weighted by molar-refractivity contribution is -0.135. The molecule has 4 N–H and O–H groups in total. The number of pyridine rings is 1. The molecular weight excluding hydrogens is 306 g/mol. The summed E-state index contributed by atoms with van der Waals surface area (Å²) in [5, 5.41) is 12.3. The van der Waals surface area contributed by atoms with Gasteiger partial charge in [-0.3, -0.25) is 14.6 Å². The maximum atomic E-state index is 12.4. The predicted octanol–water partition coefficient (Wildman–Crippen LogP) is -0.554. The first-order valence-corrected chi connectivity index (χ1v) is 8.64. The van der Waals surface area contributed by atoms with Crippen molar-refractivity contribution in [3.63, 3.8) is 0 Å². The fourth-order valence-corrected chi connectivity index (χ4v) is 2.60. The monoisotopic (exact) mass is 333 g/mol. The first-order chi connectivity index (χ1) is 11.8. The summed E-state index contributed by atoms with van der Waals surface area (Å²) in [4.78, 5) is 29.0. The molecule has 1 fully saturated rings. The third-order valence-electron chi connectivity index (χ3n) is 3.96. The Morgan fingerprint density at radius 2 is 1.58 bits per heavy atom. The molecule has 2 rings (SSSR count). The van der Waals surface area contributed by atoms with Gasteiger partial charge < -0.3 is 21.3 Å². The van der Waals surface area contributed by atoms with Gasteiger partial charge in [0.05, 0.1) is 0 Å². The van der Waals surface area contributed by atoms with E-state index in [0.29, 0.717) is 39.0 Å². The van der Waals surface area contributed by atoms with Crippen molar-refractivity contribution in [3.05, 3.63) is 30.1 Å². The van der Waals surface area contributed by atoms with Gasteiger partial charge in [0, 0.05) is 38.1 Å². The van der Waals surface area contributed by atoms with Gasteiger partial charge in [-0.15, -0.1) is 0 Å². The number of hydrogen-bond acceptors (Lipinski definition) is 5. The summed E-state index contributed by atoms with van der Waals surface area (Å²) < 4.78 is 0. The predicted molar refractivity (Wildman–Crippen MR) is 92.4 cm³/mol. The van der Waals surface area contributed by atoms with Crippen LogP contribution in [0.4, 0.5) is 0 Å². The number of aryl methyl sites for hydroxylation is 1. The Hall–Kier alpha value is -1.99. The molecule has 0 radical (unpaired) electrons. The van der Waals surface area contributed by atoms with Gasteiger partial charge in [0.25, 0.3) is 0 Å². The summed E-state index contributed by atoms with van der Waals surface area (Å²) in [7, 11) is 0. The van der Waals surface area contributed by atoms with Crippen LogP contribution in [0.25, 0.3) is 0 Å². The fourth-order valence-electron chi connectivity index (χ4n) is 2.60. The second-order valence-electron chi connectivity index (χ2n) is 5.85. The smallest absolute Gasteiger partial charge is 0.232 e. The Balaban J connectivity index is 1.93. The summed E-state index contributed by atoms with van der Waals surface area (Å²) in [6, 6.07) is 5.67. The molecular formula is C17H27N5O2. The van der Waals surface area contributed by atoms with E-state index in [1.54, 1.807) is 6.20 Å². The number of nitrogens with one attached hydrogen (secondary N) is 4. The lowest BCUT2D eigenvalue weighted by Crippen LogP contribution is -2.45. The number of carbonyl (C=O) groups excluding carboxylic acids is 2. The molecule has 0 saturated carbocycles. The van der Waals surface area contributed by atoms with Gasteiger partial charge in [0.1, 0.15) is 5.92 Å². The fraction of sp³-hybridized carbons (Fsp3) is 0.588. The molecule has 2 heterocycles. The van der Waals surface area contributed by atoms with E-state index in [1.165, 1.54) is 0 Å². The van der Waals surface area contributed by atoms with Gasteiger partial charge in [-0.2, -0.15) is 0 Å². The topological polar surface area (TPSA) is 95.1 Å². The standard InChI is InChI=1S/C17H27N5O2/c23-16-15(6-5-14-4-1-2-9-20-14)17(24)22-13-11-19-8-3-7-18-10-12-21-16/h1-2,4,9,15,18-19H,3,5-8,10-13H2,(H,21,23)(H,22,24). The molecule has 0 bridgehead atoms. The van der Waals surface area contributed by atoms with Crippen molar-refractivity contribution in [3.8, 4) is 0 Å². The average Bonchev–Trinajstić information content (AvgIpc) is 2.60. The van der Waals surface area contributed by atoms with Crippen molar-refractivity contribution in [2.24, 2.45) is 5.92 Å². The van der Waals surface area contributed by atoms with Gasteiger partial charge >= 0.3 is 0 Å². The summed E-state index contributed by atoms with van der Waals surface area (Å²) in [6.07, 6.45) is 3.80. The summed E-state index contributed by atoms with van der Waals surface area (Å²) in [6.45, 7) is 4.30. The molecule has 0 spiro atoms. The highest BCUT2D eigenvalue weighted by Gasteiger charge is 2.26. The second-order valence-corrected chi connectivity index (χ2v) is 5.85. The van der Waals surface area contributed by atoms with Crippen LogP contribution in [0.3, 0.4) is 0 Å². The largest absolute Gasteiger partial charge is 0.354 e. The van der Waals surface area contributed by atoms with E-state index in [9.17, 15) is 9.59 Å². The SMILES string of the molecule is O=C1NCCNCCCNCCNC(=O)C1CCc1ccccn1. The Bertz CT molecular complexity index is 485. The van der Waals surface area contributed by atoms with Crippen molar-refractivity contribution in [2.75, 3.05) is 39.3 Å². The number of aromatic nitrogens is 1. The highest BCUT2D eigenvalue weighted by molar-refractivity contribution is 6.00. The van der Waals surface area contributed by atoms with E-state index in [-0.39, 0.29) is 11.8 Å². The van der Waals surface area contributed by atoms with E-state index in [4.69, 9.17) is 0 Å². The molecule has 1 aliphatic rings. The zero-order valence-electron chi connectivity index (χ0n) is 14.0. The van der Waals surface area contributed by atoms with Crippen molar-refractivity contribution in [1.82, 2.24) is 26.3 Å². The summed E-state index contributed by atoms with van der Waals surface area (Å²) >= 11 is 0. The minimum absolute atomic E-state index is 0.213. The van der Waals surface area contributed by atoms with Crippen molar-refractivity contribution >= 4 is 11.8 Å². The minimum atomic E-state index is -0.685. The van der Waals surface area contributed by atoms with Crippen LogP contribution in [-0.2, 0) is 16.0 Å². The first kappa shape index (κ1) is 18.4. The number of amides is 2. The quantitative estimate of drug-likeness (QED) is 0.557. The van der Waals surface area contributed by atoms with Crippen LogP contribution in [0.2, 0.25) is 0 Å². The molecule has 1 saturated heterocycles. The normalized spacial score (nSPS) is 19.2. The first-order valence-electron chi connectivity index (χ1n) is 8.64. The molecule has 0 unspecified atom stereocenters.